The van der Waals surface area contributed by atoms with Crippen LogP contribution >= 0.6 is 0 Å². The second-order valence-corrected chi connectivity index (χ2v) is 9.52. The van der Waals surface area contributed by atoms with Gasteiger partial charge in [-0.3, -0.25) is 0 Å². The topological polar surface area (TPSA) is 89.5 Å². The van der Waals surface area contributed by atoms with Crippen LogP contribution in [-0.4, -0.2) is 66.2 Å². The van der Waals surface area contributed by atoms with Gasteiger partial charge >= 0.3 is 0 Å². The van der Waals surface area contributed by atoms with E-state index in [1.807, 2.05) is 6.92 Å². The normalized spacial score (nSPS) is 22.5. The van der Waals surface area contributed by atoms with Gasteiger partial charge in [0.1, 0.15) is 9.84 Å². The van der Waals surface area contributed by atoms with Crippen LogP contribution in [0, 0.1) is 5.92 Å². The predicted octanol–water partition coefficient (Wildman–Crippen LogP) is -0.540. The zero-order valence-corrected chi connectivity index (χ0v) is 13.1. The van der Waals surface area contributed by atoms with Crippen molar-refractivity contribution in [3.8, 4) is 0 Å². The molecule has 0 spiro atoms. The maximum absolute atomic E-state index is 12.0. The van der Waals surface area contributed by atoms with Crippen molar-refractivity contribution in [2.24, 2.45) is 5.92 Å². The molecule has 1 saturated heterocycles. The molecule has 0 saturated carbocycles. The quantitative estimate of drug-likeness (QED) is 0.647. The molecule has 2 unspecified atom stereocenters. The van der Waals surface area contributed by atoms with E-state index in [1.54, 1.807) is 0 Å². The Kier molecular flexibility index (Phi) is 6.22. The minimum atomic E-state index is -3.37. The third kappa shape index (κ3) is 6.69. The van der Waals surface area contributed by atoms with Crippen LogP contribution in [0.1, 0.15) is 13.3 Å². The molecule has 8 heteroatoms. The van der Waals surface area contributed by atoms with Crippen LogP contribution < -0.4 is 5.32 Å². The van der Waals surface area contributed by atoms with Crippen molar-refractivity contribution < 1.29 is 21.6 Å². The third-order valence-electron chi connectivity index (χ3n) is 3.20. The van der Waals surface area contributed by atoms with Crippen molar-refractivity contribution in [2.45, 2.75) is 19.4 Å². The Morgan fingerprint density at radius 3 is 2.42 bits per heavy atom. The fourth-order valence-corrected chi connectivity index (χ4v) is 5.46. The second kappa shape index (κ2) is 7.01. The summed E-state index contributed by atoms with van der Waals surface area (Å²) in [6.45, 7) is 3.84. The number of rotatable bonds is 8. The van der Waals surface area contributed by atoms with E-state index in [4.69, 9.17) is 4.74 Å². The molecular formula is C11H23NO5S2. The fraction of sp³-hybridized carbons (Fsp3) is 1.00. The van der Waals surface area contributed by atoms with Gasteiger partial charge in [-0.05, 0) is 13.0 Å². The van der Waals surface area contributed by atoms with Crippen LogP contribution in [0.4, 0.5) is 0 Å². The molecule has 0 aromatic carbocycles. The second-order valence-electron chi connectivity index (χ2n) is 5.03. The molecule has 0 aromatic rings. The minimum Gasteiger partial charge on any atom is -0.381 e. The third-order valence-corrected chi connectivity index (χ3v) is 6.10. The highest BCUT2D eigenvalue weighted by Gasteiger charge is 2.29. The number of nitrogens with one attached hydrogen (secondary N) is 1. The van der Waals surface area contributed by atoms with E-state index in [0.29, 0.717) is 19.8 Å². The summed E-state index contributed by atoms with van der Waals surface area (Å²) in [6, 6.07) is -0.155. The molecule has 1 aliphatic rings. The van der Waals surface area contributed by atoms with E-state index >= 15 is 0 Å². The van der Waals surface area contributed by atoms with E-state index in [-0.39, 0.29) is 29.2 Å². The van der Waals surface area contributed by atoms with Crippen molar-refractivity contribution in [3.63, 3.8) is 0 Å². The fourth-order valence-electron chi connectivity index (χ4n) is 2.13. The Labute approximate surface area is 115 Å². The zero-order valence-electron chi connectivity index (χ0n) is 11.5. The van der Waals surface area contributed by atoms with E-state index < -0.39 is 19.7 Å². The van der Waals surface area contributed by atoms with Crippen molar-refractivity contribution in [3.05, 3.63) is 0 Å². The Morgan fingerprint density at radius 2 is 1.95 bits per heavy atom. The molecular weight excluding hydrogens is 290 g/mol. The minimum absolute atomic E-state index is 0.0234. The van der Waals surface area contributed by atoms with Crippen molar-refractivity contribution in [1.82, 2.24) is 5.32 Å². The average molecular weight is 313 g/mol. The molecule has 0 aromatic heterocycles. The number of sulfone groups is 2. The molecule has 0 aliphatic carbocycles. The van der Waals surface area contributed by atoms with Gasteiger partial charge in [0.25, 0.3) is 0 Å². The monoisotopic (exact) mass is 313 g/mol. The summed E-state index contributed by atoms with van der Waals surface area (Å²) < 4.78 is 51.3. The summed E-state index contributed by atoms with van der Waals surface area (Å²) in [5.41, 5.74) is 0. The summed E-state index contributed by atoms with van der Waals surface area (Å²) in [4.78, 5) is 0. The summed E-state index contributed by atoms with van der Waals surface area (Å²) in [5, 5.41) is 3.17. The van der Waals surface area contributed by atoms with Crippen LogP contribution in [0.15, 0.2) is 0 Å². The summed E-state index contributed by atoms with van der Waals surface area (Å²) >= 11 is 0. The van der Waals surface area contributed by atoms with Crippen LogP contribution in [-0.2, 0) is 24.4 Å². The van der Waals surface area contributed by atoms with Gasteiger partial charge in [-0.2, -0.15) is 0 Å². The maximum Gasteiger partial charge on any atom is 0.152 e. The Morgan fingerprint density at radius 1 is 1.26 bits per heavy atom. The molecule has 0 bridgehead atoms. The molecule has 0 amide bonds. The zero-order chi connectivity index (χ0) is 14.5. The van der Waals surface area contributed by atoms with Crippen molar-refractivity contribution >= 4 is 19.7 Å². The maximum atomic E-state index is 12.0. The predicted molar refractivity (Wildman–Crippen MR) is 74.8 cm³/mol. The highest BCUT2D eigenvalue weighted by Crippen LogP contribution is 2.18. The van der Waals surface area contributed by atoms with Gasteiger partial charge in [-0.15, -0.1) is 0 Å². The molecule has 2 atom stereocenters. The average Bonchev–Trinajstić information content (AvgIpc) is 2.78. The van der Waals surface area contributed by atoms with Crippen molar-refractivity contribution in [2.75, 3.05) is 43.3 Å². The van der Waals surface area contributed by atoms with Gasteiger partial charge < -0.3 is 10.1 Å². The van der Waals surface area contributed by atoms with Crippen LogP contribution in [0.3, 0.4) is 0 Å². The highest BCUT2D eigenvalue weighted by molar-refractivity contribution is 7.94. The lowest BCUT2D eigenvalue weighted by Crippen LogP contribution is -2.43. The van der Waals surface area contributed by atoms with E-state index in [0.717, 1.165) is 12.7 Å². The number of ether oxygens (including phenoxy) is 1. The van der Waals surface area contributed by atoms with Gasteiger partial charge in [0.2, 0.25) is 0 Å². The van der Waals surface area contributed by atoms with Gasteiger partial charge in [0, 0.05) is 24.8 Å². The first-order chi connectivity index (χ1) is 8.73. The molecule has 1 rings (SSSR count). The molecule has 1 aliphatic heterocycles. The smallest absolute Gasteiger partial charge is 0.152 e. The lowest BCUT2D eigenvalue weighted by atomic mass is 10.0. The number of hydrogen-bond acceptors (Lipinski definition) is 6. The molecule has 114 valence electrons. The van der Waals surface area contributed by atoms with Crippen molar-refractivity contribution in [1.29, 1.82) is 0 Å². The molecule has 1 N–H and O–H groups in total. The highest BCUT2D eigenvalue weighted by atomic mass is 32.2. The SMILES string of the molecule is CCNC(CS(=O)(=O)CCS(C)(=O)=O)C1CCOC1. The van der Waals surface area contributed by atoms with E-state index in [2.05, 4.69) is 5.32 Å². The molecule has 1 heterocycles. The van der Waals surface area contributed by atoms with E-state index in [9.17, 15) is 16.8 Å². The van der Waals surface area contributed by atoms with Crippen LogP contribution in [0.25, 0.3) is 0 Å². The molecule has 0 radical (unpaired) electrons. The Bertz CT molecular complexity index is 465. The lowest BCUT2D eigenvalue weighted by Gasteiger charge is -2.23. The molecule has 19 heavy (non-hydrogen) atoms. The van der Waals surface area contributed by atoms with Crippen LogP contribution in [0.5, 0.6) is 0 Å². The van der Waals surface area contributed by atoms with Gasteiger partial charge in [0.05, 0.1) is 23.9 Å². The Hall–Kier alpha value is -0.180. The van der Waals surface area contributed by atoms with Gasteiger partial charge in [0.15, 0.2) is 9.84 Å². The standard InChI is InChI=1S/C11H23NO5S2/c1-3-12-11(10-4-5-17-8-10)9-19(15,16)7-6-18(2,13)14/h10-12H,3-9H2,1-2H3. The van der Waals surface area contributed by atoms with Gasteiger partial charge in [-0.1, -0.05) is 6.92 Å². The van der Waals surface area contributed by atoms with Crippen LogP contribution in [0.2, 0.25) is 0 Å². The summed E-state index contributed by atoms with van der Waals surface area (Å²) in [5.74, 6) is -0.450. The van der Waals surface area contributed by atoms with Gasteiger partial charge in [-0.25, -0.2) is 16.8 Å². The first-order valence-corrected chi connectivity index (χ1v) is 10.3. The molecule has 1 fully saturated rings. The first kappa shape index (κ1) is 16.9. The summed E-state index contributed by atoms with van der Waals surface area (Å²) in [7, 11) is -6.62. The van der Waals surface area contributed by atoms with E-state index in [1.165, 1.54) is 0 Å². The Balaban J connectivity index is 2.61. The first-order valence-electron chi connectivity index (χ1n) is 6.43. The lowest BCUT2D eigenvalue weighted by molar-refractivity contribution is 0.179. The largest absolute Gasteiger partial charge is 0.381 e. The molecule has 6 nitrogen and oxygen atoms in total. The number of hydrogen-bond donors (Lipinski definition) is 1. The summed E-state index contributed by atoms with van der Waals surface area (Å²) in [6.07, 6.45) is 1.90.